The lowest BCUT2D eigenvalue weighted by Gasteiger charge is -2.29. The van der Waals surface area contributed by atoms with Crippen LogP contribution in [0.2, 0.25) is 0 Å². The predicted octanol–water partition coefficient (Wildman–Crippen LogP) is 5.99. The molecule has 1 aliphatic carbocycles. The lowest BCUT2D eigenvalue weighted by atomic mass is 10.0. The summed E-state index contributed by atoms with van der Waals surface area (Å²) in [5, 5.41) is 0.236. The number of ether oxygens (including phenoxy) is 1. The standard InChI is InChI=1S/C20H20F3NOS/c21-20(22,23)15-2-1-3-16(10-15)26-17-8-9-25-19(11-17)14-6-7-18(24-12-14)13-4-5-13/h1-3,6-7,10,12-13,17,19H,4-5,8-9,11H2. The van der Waals surface area contributed by atoms with Gasteiger partial charge in [0.05, 0.1) is 11.7 Å². The van der Waals surface area contributed by atoms with Crippen molar-refractivity contribution in [2.75, 3.05) is 6.61 Å². The third-order valence-electron chi connectivity index (χ3n) is 4.88. The summed E-state index contributed by atoms with van der Waals surface area (Å²) in [5.41, 5.74) is 1.62. The van der Waals surface area contributed by atoms with Crippen molar-refractivity contribution in [3.63, 3.8) is 0 Å². The molecule has 6 heteroatoms. The van der Waals surface area contributed by atoms with Gasteiger partial charge in [-0.15, -0.1) is 11.8 Å². The molecular weight excluding hydrogens is 359 g/mol. The van der Waals surface area contributed by atoms with Crippen molar-refractivity contribution in [2.24, 2.45) is 0 Å². The van der Waals surface area contributed by atoms with Gasteiger partial charge < -0.3 is 4.74 Å². The molecule has 1 aromatic carbocycles. The summed E-state index contributed by atoms with van der Waals surface area (Å²) < 4.78 is 44.6. The first-order valence-electron chi connectivity index (χ1n) is 8.90. The zero-order valence-corrected chi connectivity index (χ0v) is 15.0. The highest BCUT2D eigenvalue weighted by Crippen LogP contribution is 2.41. The van der Waals surface area contributed by atoms with E-state index in [1.54, 1.807) is 6.07 Å². The largest absolute Gasteiger partial charge is 0.416 e. The zero-order chi connectivity index (χ0) is 18.1. The number of hydrogen-bond acceptors (Lipinski definition) is 3. The van der Waals surface area contributed by atoms with Crippen LogP contribution < -0.4 is 0 Å². The highest BCUT2D eigenvalue weighted by Gasteiger charge is 2.31. The lowest BCUT2D eigenvalue weighted by Crippen LogP contribution is -2.21. The van der Waals surface area contributed by atoms with Crippen molar-refractivity contribution in [3.8, 4) is 0 Å². The molecule has 1 aromatic heterocycles. The summed E-state index contributed by atoms with van der Waals surface area (Å²) in [7, 11) is 0. The summed E-state index contributed by atoms with van der Waals surface area (Å²) in [6, 6.07) is 9.74. The highest BCUT2D eigenvalue weighted by molar-refractivity contribution is 8.00. The number of hydrogen-bond donors (Lipinski definition) is 0. The summed E-state index contributed by atoms with van der Waals surface area (Å²) in [6.07, 6.45) is 1.63. The summed E-state index contributed by atoms with van der Waals surface area (Å²) in [5.74, 6) is 0.625. The van der Waals surface area contributed by atoms with Gasteiger partial charge in [0.25, 0.3) is 0 Å². The van der Waals surface area contributed by atoms with Crippen LogP contribution in [0.25, 0.3) is 0 Å². The summed E-state index contributed by atoms with van der Waals surface area (Å²) >= 11 is 1.51. The number of rotatable bonds is 4. The van der Waals surface area contributed by atoms with Gasteiger partial charge in [-0.2, -0.15) is 13.2 Å². The zero-order valence-electron chi connectivity index (χ0n) is 14.2. The fourth-order valence-corrected chi connectivity index (χ4v) is 4.49. The van der Waals surface area contributed by atoms with Crippen LogP contribution in [0.4, 0.5) is 13.2 Å². The number of alkyl halides is 3. The molecule has 2 unspecified atom stereocenters. The van der Waals surface area contributed by atoms with E-state index in [4.69, 9.17) is 4.74 Å². The van der Waals surface area contributed by atoms with E-state index in [2.05, 4.69) is 17.1 Å². The van der Waals surface area contributed by atoms with Gasteiger partial charge in [-0.3, -0.25) is 4.98 Å². The van der Waals surface area contributed by atoms with Crippen LogP contribution in [0.15, 0.2) is 47.5 Å². The second-order valence-corrected chi connectivity index (χ2v) is 8.31. The molecule has 0 amide bonds. The Balaban J connectivity index is 1.42. The maximum atomic E-state index is 12.9. The van der Waals surface area contributed by atoms with Crippen LogP contribution in [0.5, 0.6) is 0 Å². The van der Waals surface area contributed by atoms with Crippen molar-refractivity contribution in [2.45, 2.75) is 54.0 Å². The van der Waals surface area contributed by atoms with Crippen molar-refractivity contribution < 1.29 is 17.9 Å². The number of nitrogens with zero attached hydrogens (tertiary/aromatic N) is 1. The minimum atomic E-state index is -4.30. The first kappa shape index (κ1) is 17.9. The molecule has 0 spiro atoms. The molecule has 2 aromatic rings. The Morgan fingerprint density at radius 1 is 1.08 bits per heavy atom. The van der Waals surface area contributed by atoms with E-state index in [-0.39, 0.29) is 11.4 Å². The van der Waals surface area contributed by atoms with Crippen molar-refractivity contribution >= 4 is 11.8 Å². The van der Waals surface area contributed by atoms with E-state index in [9.17, 15) is 13.2 Å². The predicted molar refractivity (Wildman–Crippen MR) is 95.2 cm³/mol. The van der Waals surface area contributed by atoms with E-state index in [1.165, 1.54) is 36.7 Å². The summed E-state index contributed by atoms with van der Waals surface area (Å²) in [4.78, 5) is 5.21. The molecule has 2 aliphatic rings. The Kier molecular flexibility index (Phi) is 4.97. The molecular formula is C20H20F3NOS. The quantitative estimate of drug-likeness (QED) is 0.651. The van der Waals surface area contributed by atoms with Crippen LogP contribution in [-0.2, 0) is 10.9 Å². The average Bonchev–Trinajstić information content (AvgIpc) is 3.47. The topological polar surface area (TPSA) is 22.1 Å². The minimum absolute atomic E-state index is 0.0344. The second-order valence-electron chi connectivity index (χ2n) is 6.94. The molecule has 2 fully saturated rings. The van der Waals surface area contributed by atoms with Crippen molar-refractivity contribution in [3.05, 3.63) is 59.4 Å². The van der Waals surface area contributed by atoms with Gasteiger partial charge in [-0.25, -0.2) is 0 Å². The van der Waals surface area contributed by atoms with E-state index in [1.807, 2.05) is 6.20 Å². The van der Waals surface area contributed by atoms with Crippen molar-refractivity contribution in [1.29, 1.82) is 0 Å². The molecule has 1 aliphatic heterocycles. The third-order valence-corrected chi connectivity index (χ3v) is 6.16. The average molecular weight is 379 g/mol. The first-order valence-corrected chi connectivity index (χ1v) is 9.78. The number of aromatic nitrogens is 1. The van der Waals surface area contributed by atoms with Gasteiger partial charge in [0.15, 0.2) is 0 Å². The normalized spacial score (nSPS) is 23.8. The molecule has 0 radical (unpaired) electrons. The van der Waals surface area contributed by atoms with Gasteiger partial charge >= 0.3 is 6.18 Å². The molecule has 1 saturated heterocycles. The Morgan fingerprint density at radius 2 is 1.92 bits per heavy atom. The Bertz CT molecular complexity index is 758. The molecule has 1 saturated carbocycles. The Hall–Kier alpha value is -1.53. The van der Waals surface area contributed by atoms with Crippen LogP contribution >= 0.6 is 11.8 Å². The van der Waals surface area contributed by atoms with Gasteiger partial charge in [0.2, 0.25) is 0 Å². The highest BCUT2D eigenvalue weighted by atomic mass is 32.2. The molecule has 138 valence electrons. The molecule has 0 N–H and O–H groups in total. The molecule has 4 rings (SSSR count). The van der Waals surface area contributed by atoms with E-state index >= 15 is 0 Å². The minimum Gasteiger partial charge on any atom is -0.373 e. The number of pyridine rings is 1. The van der Waals surface area contributed by atoms with E-state index < -0.39 is 11.7 Å². The molecule has 2 heterocycles. The van der Waals surface area contributed by atoms with Crippen LogP contribution in [0.3, 0.4) is 0 Å². The molecule has 26 heavy (non-hydrogen) atoms. The number of halogens is 3. The lowest BCUT2D eigenvalue weighted by molar-refractivity contribution is -0.137. The smallest absolute Gasteiger partial charge is 0.373 e. The number of thioether (sulfide) groups is 1. The Labute approximate surface area is 155 Å². The fraction of sp³-hybridized carbons (Fsp3) is 0.450. The molecule has 2 nitrogen and oxygen atoms in total. The van der Waals surface area contributed by atoms with Gasteiger partial charge in [-0.1, -0.05) is 12.1 Å². The van der Waals surface area contributed by atoms with E-state index in [0.717, 1.165) is 30.2 Å². The van der Waals surface area contributed by atoms with Crippen LogP contribution in [0, 0.1) is 0 Å². The molecule has 2 atom stereocenters. The Morgan fingerprint density at radius 3 is 2.62 bits per heavy atom. The maximum Gasteiger partial charge on any atom is 0.416 e. The van der Waals surface area contributed by atoms with Gasteiger partial charge in [-0.05, 0) is 55.5 Å². The first-order chi connectivity index (χ1) is 12.5. The second kappa shape index (κ2) is 7.24. The third kappa shape index (κ3) is 4.23. The molecule has 0 bridgehead atoms. The van der Waals surface area contributed by atoms with Gasteiger partial charge in [0, 0.05) is 34.6 Å². The monoisotopic (exact) mass is 379 g/mol. The summed E-state index contributed by atoms with van der Waals surface area (Å²) in [6.45, 7) is 0.617. The van der Waals surface area contributed by atoms with E-state index in [0.29, 0.717) is 17.4 Å². The maximum absolute atomic E-state index is 12.9. The van der Waals surface area contributed by atoms with Crippen LogP contribution in [0.1, 0.15) is 54.5 Å². The van der Waals surface area contributed by atoms with Gasteiger partial charge in [0.1, 0.15) is 0 Å². The SMILES string of the molecule is FC(F)(F)c1cccc(SC2CCOC(c3ccc(C4CC4)nc3)C2)c1. The van der Waals surface area contributed by atoms with Crippen molar-refractivity contribution in [1.82, 2.24) is 4.98 Å². The number of benzene rings is 1. The van der Waals surface area contributed by atoms with Crippen LogP contribution in [-0.4, -0.2) is 16.8 Å². The fourth-order valence-electron chi connectivity index (χ4n) is 3.27.